The highest BCUT2D eigenvalue weighted by Gasteiger charge is 2.35. The molecule has 3 aromatic rings. The molecule has 8 nitrogen and oxygen atoms in total. The predicted octanol–water partition coefficient (Wildman–Crippen LogP) is 4.59. The van der Waals surface area contributed by atoms with E-state index in [0.717, 1.165) is 24.8 Å². The quantitative estimate of drug-likeness (QED) is 0.368. The van der Waals surface area contributed by atoms with E-state index in [0.29, 0.717) is 49.1 Å². The summed E-state index contributed by atoms with van der Waals surface area (Å²) in [6.45, 7) is 1.84. The lowest BCUT2D eigenvalue weighted by molar-refractivity contribution is -0.135. The highest BCUT2D eigenvalue weighted by molar-refractivity contribution is 7.10. The summed E-state index contributed by atoms with van der Waals surface area (Å²) >= 11 is 1.70. The van der Waals surface area contributed by atoms with Crippen LogP contribution in [0.25, 0.3) is 0 Å². The van der Waals surface area contributed by atoms with Gasteiger partial charge in [-0.05, 0) is 60.5 Å². The Kier molecular flexibility index (Phi) is 8.68. The van der Waals surface area contributed by atoms with Gasteiger partial charge in [0.2, 0.25) is 5.91 Å². The van der Waals surface area contributed by atoms with Crippen molar-refractivity contribution in [1.82, 2.24) is 9.80 Å². The van der Waals surface area contributed by atoms with E-state index >= 15 is 0 Å². The Labute approximate surface area is 233 Å². The maximum absolute atomic E-state index is 13.9. The van der Waals surface area contributed by atoms with E-state index in [2.05, 4.69) is 11.4 Å². The van der Waals surface area contributed by atoms with Crippen molar-refractivity contribution in [2.24, 2.45) is 0 Å². The molecule has 0 spiro atoms. The van der Waals surface area contributed by atoms with Crippen LogP contribution in [0.3, 0.4) is 0 Å². The molecule has 0 aliphatic carbocycles. The molecule has 0 N–H and O–H groups in total. The van der Waals surface area contributed by atoms with E-state index in [1.165, 1.54) is 4.88 Å². The number of carbonyl (C=O) groups excluding carboxylic acids is 2. The monoisotopic (exact) mass is 550 g/mol. The lowest BCUT2D eigenvalue weighted by Crippen LogP contribution is -2.49. The summed E-state index contributed by atoms with van der Waals surface area (Å²) < 4.78 is 22.8. The molecule has 2 aliphatic rings. The van der Waals surface area contributed by atoms with Crippen molar-refractivity contribution in [2.75, 3.05) is 47.1 Å². The van der Waals surface area contributed by atoms with Gasteiger partial charge in [-0.25, -0.2) is 0 Å². The number of amides is 2. The van der Waals surface area contributed by atoms with Crippen molar-refractivity contribution < 1.29 is 28.5 Å². The van der Waals surface area contributed by atoms with Crippen LogP contribution in [0.15, 0.2) is 60.0 Å². The second-order valence-corrected chi connectivity index (χ2v) is 10.7. The summed E-state index contributed by atoms with van der Waals surface area (Å²) in [6.07, 6.45) is 2.50. The van der Waals surface area contributed by atoms with Crippen LogP contribution in [0.5, 0.6) is 17.2 Å². The summed E-state index contributed by atoms with van der Waals surface area (Å²) in [5, 5.41) is 2.06. The first-order valence-corrected chi connectivity index (χ1v) is 14.1. The molecule has 1 saturated heterocycles. The maximum Gasteiger partial charge on any atom is 0.258 e. The largest absolute Gasteiger partial charge is 0.497 e. The number of hydrogen-bond acceptors (Lipinski definition) is 7. The Morgan fingerprint density at radius 3 is 2.72 bits per heavy atom. The van der Waals surface area contributed by atoms with Gasteiger partial charge in [0.05, 0.1) is 31.9 Å². The SMILES string of the molecule is COc1cccc(OCC2c3ccsc3CCN2C(=O)CN(CC2CCCO2)C(=O)c2ccccc2OC)c1. The van der Waals surface area contributed by atoms with Crippen LogP contribution in [-0.4, -0.2) is 74.8 Å². The number of hydrogen-bond donors (Lipinski definition) is 0. The minimum atomic E-state index is -0.260. The van der Waals surface area contributed by atoms with E-state index in [1.807, 2.05) is 35.2 Å². The van der Waals surface area contributed by atoms with Crippen LogP contribution < -0.4 is 14.2 Å². The van der Waals surface area contributed by atoms with Gasteiger partial charge in [0.25, 0.3) is 5.91 Å². The molecule has 2 unspecified atom stereocenters. The third-order valence-electron chi connectivity index (χ3n) is 7.26. The van der Waals surface area contributed by atoms with Crippen LogP contribution in [-0.2, 0) is 16.0 Å². The summed E-state index contributed by atoms with van der Waals surface area (Å²) in [5.41, 5.74) is 1.53. The summed E-state index contributed by atoms with van der Waals surface area (Å²) in [4.78, 5) is 32.4. The molecule has 2 atom stereocenters. The van der Waals surface area contributed by atoms with Gasteiger partial charge in [0, 0.05) is 30.6 Å². The van der Waals surface area contributed by atoms with E-state index in [-0.39, 0.29) is 30.5 Å². The molecule has 0 bridgehead atoms. The van der Waals surface area contributed by atoms with Gasteiger partial charge in [-0.2, -0.15) is 0 Å². The number of para-hydroxylation sites is 1. The Hall–Kier alpha value is -3.56. The number of rotatable bonds is 10. The normalized spacial score (nSPS) is 18.4. The standard InChI is InChI=1S/C30H34N2O6S/c1-35-21-7-5-8-22(17-21)38-20-26-24-13-16-39-28(24)12-14-32(26)29(33)19-31(18-23-9-6-15-37-23)30(34)25-10-3-4-11-27(25)36-2/h3-5,7-8,10-11,13,16-17,23,26H,6,9,12,14-15,18-20H2,1-2H3. The molecule has 2 aliphatic heterocycles. The smallest absolute Gasteiger partial charge is 0.258 e. The van der Waals surface area contributed by atoms with Gasteiger partial charge in [-0.3, -0.25) is 9.59 Å². The average Bonchev–Trinajstić information content (AvgIpc) is 3.67. The molecular formula is C30H34N2O6S. The first-order chi connectivity index (χ1) is 19.1. The van der Waals surface area contributed by atoms with Crippen molar-refractivity contribution in [1.29, 1.82) is 0 Å². The number of ether oxygens (including phenoxy) is 4. The average molecular weight is 551 g/mol. The third kappa shape index (κ3) is 6.20. The molecule has 1 fully saturated rings. The number of thiophene rings is 1. The molecule has 1 aromatic heterocycles. The van der Waals surface area contributed by atoms with E-state index in [4.69, 9.17) is 18.9 Å². The van der Waals surface area contributed by atoms with Gasteiger partial charge >= 0.3 is 0 Å². The first kappa shape index (κ1) is 27.0. The number of nitrogens with zero attached hydrogens (tertiary/aromatic N) is 2. The zero-order chi connectivity index (χ0) is 27.2. The molecule has 2 aromatic carbocycles. The Bertz CT molecular complexity index is 1290. The molecule has 5 rings (SSSR count). The topological polar surface area (TPSA) is 77.5 Å². The number of benzene rings is 2. The Morgan fingerprint density at radius 1 is 1.08 bits per heavy atom. The number of fused-ring (bicyclic) bond motifs is 1. The van der Waals surface area contributed by atoms with E-state index in [9.17, 15) is 9.59 Å². The van der Waals surface area contributed by atoms with Crippen molar-refractivity contribution in [2.45, 2.75) is 31.4 Å². The van der Waals surface area contributed by atoms with Gasteiger partial charge in [-0.15, -0.1) is 11.3 Å². The van der Waals surface area contributed by atoms with Gasteiger partial charge in [-0.1, -0.05) is 18.2 Å². The van der Waals surface area contributed by atoms with E-state index < -0.39 is 0 Å². The fourth-order valence-corrected chi connectivity index (χ4v) is 6.17. The predicted molar refractivity (Wildman–Crippen MR) is 149 cm³/mol. The summed E-state index contributed by atoms with van der Waals surface area (Å²) in [7, 11) is 3.16. The van der Waals surface area contributed by atoms with Crippen molar-refractivity contribution >= 4 is 23.2 Å². The van der Waals surface area contributed by atoms with Crippen LogP contribution >= 0.6 is 11.3 Å². The third-order valence-corrected chi connectivity index (χ3v) is 8.26. The highest BCUT2D eigenvalue weighted by Crippen LogP contribution is 2.34. The zero-order valence-corrected chi connectivity index (χ0v) is 23.2. The van der Waals surface area contributed by atoms with Crippen LogP contribution in [0.4, 0.5) is 0 Å². The lowest BCUT2D eigenvalue weighted by atomic mass is 10.00. The van der Waals surface area contributed by atoms with Crippen LogP contribution in [0.2, 0.25) is 0 Å². The second kappa shape index (κ2) is 12.5. The molecule has 0 saturated carbocycles. The minimum absolute atomic E-state index is 0.0497. The Morgan fingerprint density at radius 2 is 1.92 bits per heavy atom. The maximum atomic E-state index is 13.9. The highest BCUT2D eigenvalue weighted by atomic mass is 32.1. The Balaban J connectivity index is 1.37. The lowest BCUT2D eigenvalue weighted by Gasteiger charge is -2.37. The number of carbonyl (C=O) groups is 2. The number of methoxy groups -OCH3 is 2. The van der Waals surface area contributed by atoms with Crippen molar-refractivity contribution in [3.63, 3.8) is 0 Å². The van der Waals surface area contributed by atoms with Gasteiger partial charge < -0.3 is 28.7 Å². The molecule has 2 amide bonds. The van der Waals surface area contributed by atoms with Crippen molar-refractivity contribution in [3.8, 4) is 17.2 Å². The van der Waals surface area contributed by atoms with Crippen LogP contribution in [0.1, 0.15) is 39.7 Å². The van der Waals surface area contributed by atoms with Crippen molar-refractivity contribution in [3.05, 3.63) is 76.0 Å². The zero-order valence-electron chi connectivity index (χ0n) is 22.3. The molecular weight excluding hydrogens is 516 g/mol. The molecule has 39 heavy (non-hydrogen) atoms. The first-order valence-electron chi connectivity index (χ1n) is 13.2. The van der Waals surface area contributed by atoms with Crippen LogP contribution in [0, 0.1) is 0 Å². The summed E-state index contributed by atoms with van der Waals surface area (Å²) in [5.74, 6) is 1.51. The fourth-order valence-electron chi connectivity index (χ4n) is 5.24. The van der Waals surface area contributed by atoms with Gasteiger partial charge in [0.1, 0.15) is 30.4 Å². The molecule has 3 heterocycles. The van der Waals surface area contributed by atoms with E-state index in [1.54, 1.807) is 48.7 Å². The van der Waals surface area contributed by atoms with Gasteiger partial charge in [0.15, 0.2) is 0 Å². The molecule has 206 valence electrons. The minimum Gasteiger partial charge on any atom is -0.497 e. The fraction of sp³-hybridized carbons (Fsp3) is 0.400. The second-order valence-electron chi connectivity index (χ2n) is 9.66. The molecule has 0 radical (unpaired) electrons. The molecule has 9 heteroatoms. The summed E-state index contributed by atoms with van der Waals surface area (Å²) in [6, 6.07) is 16.4.